The summed E-state index contributed by atoms with van der Waals surface area (Å²) in [5.41, 5.74) is 0. The van der Waals surface area contributed by atoms with Crippen LogP contribution in [0.4, 0.5) is 0 Å². The van der Waals surface area contributed by atoms with Crippen LogP contribution >= 0.6 is 0 Å². The molecule has 0 aromatic rings. The molecule has 1 saturated heterocycles. The van der Waals surface area contributed by atoms with Crippen molar-refractivity contribution in [3.63, 3.8) is 0 Å². The molecule has 17 heavy (non-hydrogen) atoms. The lowest BCUT2D eigenvalue weighted by molar-refractivity contribution is -0.127. The summed E-state index contributed by atoms with van der Waals surface area (Å²) in [4.78, 5) is 14.6. The van der Waals surface area contributed by atoms with Gasteiger partial charge in [-0.05, 0) is 64.0 Å². The van der Waals surface area contributed by atoms with Gasteiger partial charge in [-0.15, -0.1) is 0 Å². The second-order valence-electron chi connectivity index (χ2n) is 6.15. The summed E-state index contributed by atoms with van der Waals surface area (Å²) < 4.78 is 0. The number of likely N-dealkylation sites (tertiary alicyclic amines) is 1. The summed E-state index contributed by atoms with van der Waals surface area (Å²) in [6.07, 6.45) is 8.71. The Morgan fingerprint density at radius 3 is 2.29 bits per heavy atom. The molecule has 0 aromatic carbocycles. The van der Waals surface area contributed by atoms with Crippen molar-refractivity contribution >= 4 is 5.91 Å². The quantitative estimate of drug-likeness (QED) is 0.807. The van der Waals surface area contributed by atoms with Crippen LogP contribution < -0.4 is 5.32 Å². The van der Waals surface area contributed by atoms with E-state index in [4.69, 9.17) is 0 Å². The molecule has 1 amide bonds. The zero-order valence-corrected chi connectivity index (χ0v) is 10.7. The van der Waals surface area contributed by atoms with Crippen LogP contribution in [0.2, 0.25) is 0 Å². The van der Waals surface area contributed by atoms with Crippen molar-refractivity contribution in [2.45, 2.75) is 51.0 Å². The van der Waals surface area contributed by atoms with Crippen molar-refractivity contribution in [3.8, 4) is 0 Å². The van der Waals surface area contributed by atoms with Gasteiger partial charge in [0.25, 0.3) is 0 Å². The van der Waals surface area contributed by atoms with Crippen LogP contribution in [-0.4, -0.2) is 36.5 Å². The Kier molecular flexibility index (Phi) is 3.37. The van der Waals surface area contributed by atoms with E-state index < -0.39 is 0 Å². The smallest absolute Gasteiger partial charge is 0.223 e. The first-order valence-electron chi connectivity index (χ1n) is 7.34. The summed E-state index contributed by atoms with van der Waals surface area (Å²) in [7, 11) is 0. The van der Waals surface area contributed by atoms with Crippen molar-refractivity contribution in [3.05, 3.63) is 0 Å². The summed E-state index contributed by atoms with van der Waals surface area (Å²) >= 11 is 0. The van der Waals surface area contributed by atoms with E-state index >= 15 is 0 Å². The van der Waals surface area contributed by atoms with Gasteiger partial charge in [-0.2, -0.15) is 0 Å². The van der Waals surface area contributed by atoms with Crippen LogP contribution in [0, 0.1) is 11.8 Å². The van der Waals surface area contributed by atoms with Crippen LogP contribution in [0.1, 0.15) is 44.9 Å². The van der Waals surface area contributed by atoms with Gasteiger partial charge in [-0.1, -0.05) is 0 Å². The number of rotatable bonds is 4. The van der Waals surface area contributed by atoms with E-state index in [1.54, 1.807) is 0 Å². The van der Waals surface area contributed by atoms with Crippen molar-refractivity contribution in [2.24, 2.45) is 11.8 Å². The van der Waals surface area contributed by atoms with Crippen LogP contribution in [-0.2, 0) is 4.79 Å². The number of amides is 1. The second-order valence-corrected chi connectivity index (χ2v) is 6.15. The molecule has 0 radical (unpaired) electrons. The Morgan fingerprint density at radius 2 is 1.76 bits per heavy atom. The molecular weight excluding hydrogens is 212 g/mol. The third-order valence-corrected chi connectivity index (χ3v) is 4.62. The van der Waals surface area contributed by atoms with Gasteiger partial charge in [0.05, 0.1) is 0 Å². The molecule has 0 spiro atoms. The lowest BCUT2D eigenvalue weighted by Gasteiger charge is -2.33. The fraction of sp³-hybridized carbons (Fsp3) is 0.929. The Balaban J connectivity index is 1.38. The normalized spacial score (nSPS) is 27.8. The average molecular weight is 236 g/mol. The number of carbonyl (C=O) groups is 1. The SMILES string of the molecule is O=C(NC1CCC1)C1CCN(CC2CC2)CC1. The summed E-state index contributed by atoms with van der Waals surface area (Å²) in [5.74, 6) is 1.61. The van der Waals surface area contributed by atoms with Crippen molar-refractivity contribution in [1.82, 2.24) is 10.2 Å². The van der Waals surface area contributed by atoms with Gasteiger partial charge >= 0.3 is 0 Å². The topological polar surface area (TPSA) is 32.3 Å². The van der Waals surface area contributed by atoms with E-state index in [0.717, 1.165) is 31.8 Å². The Hall–Kier alpha value is -0.570. The Morgan fingerprint density at radius 1 is 1.06 bits per heavy atom. The van der Waals surface area contributed by atoms with Gasteiger partial charge in [0.15, 0.2) is 0 Å². The number of hydrogen-bond acceptors (Lipinski definition) is 2. The zero-order valence-electron chi connectivity index (χ0n) is 10.7. The van der Waals surface area contributed by atoms with E-state index in [2.05, 4.69) is 10.2 Å². The number of nitrogens with one attached hydrogen (secondary N) is 1. The first-order chi connectivity index (χ1) is 8.31. The second kappa shape index (κ2) is 4.97. The molecule has 0 aromatic heterocycles. The molecular formula is C14H24N2O. The van der Waals surface area contributed by atoms with E-state index in [9.17, 15) is 4.79 Å². The highest BCUT2D eigenvalue weighted by molar-refractivity contribution is 5.79. The molecule has 3 nitrogen and oxygen atoms in total. The van der Waals surface area contributed by atoms with Crippen molar-refractivity contribution in [2.75, 3.05) is 19.6 Å². The van der Waals surface area contributed by atoms with Gasteiger partial charge in [-0.25, -0.2) is 0 Å². The molecule has 1 N–H and O–H groups in total. The molecule has 96 valence electrons. The molecule has 3 rings (SSSR count). The van der Waals surface area contributed by atoms with E-state index in [1.165, 1.54) is 38.6 Å². The van der Waals surface area contributed by atoms with Crippen LogP contribution in [0.25, 0.3) is 0 Å². The number of carbonyl (C=O) groups excluding carboxylic acids is 1. The Bertz CT molecular complexity index is 276. The lowest BCUT2D eigenvalue weighted by Crippen LogP contribution is -2.46. The number of nitrogens with zero attached hydrogens (tertiary/aromatic N) is 1. The molecule has 1 heterocycles. The molecule has 2 aliphatic carbocycles. The molecule has 1 aliphatic heterocycles. The van der Waals surface area contributed by atoms with Crippen LogP contribution in [0.15, 0.2) is 0 Å². The number of hydrogen-bond donors (Lipinski definition) is 1. The van der Waals surface area contributed by atoms with Gasteiger partial charge in [0.1, 0.15) is 0 Å². The summed E-state index contributed by atoms with van der Waals surface area (Å²) in [6.45, 7) is 3.56. The fourth-order valence-electron chi connectivity index (χ4n) is 2.91. The van der Waals surface area contributed by atoms with E-state index in [0.29, 0.717) is 17.9 Å². The monoisotopic (exact) mass is 236 g/mol. The molecule has 2 saturated carbocycles. The minimum atomic E-state index is 0.297. The predicted molar refractivity (Wildman–Crippen MR) is 67.7 cm³/mol. The molecule has 3 fully saturated rings. The molecule has 0 bridgehead atoms. The van der Waals surface area contributed by atoms with Crippen molar-refractivity contribution < 1.29 is 4.79 Å². The molecule has 0 unspecified atom stereocenters. The minimum Gasteiger partial charge on any atom is -0.353 e. The molecule has 3 heteroatoms. The molecule has 0 atom stereocenters. The summed E-state index contributed by atoms with van der Waals surface area (Å²) in [6, 6.07) is 0.506. The highest BCUT2D eigenvalue weighted by Crippen LogP contribution is 2.31. The molecule has 3 aliphatic rings. The summed E-state index contributed by atoms with van der Waals surface area (Å²) in [5, 5.41) is 3.20. The minimum absolute atomic E-state index is 0.297. The van der Waals surface area contributed by atoms with Gasteiger partial charge in [0.2, 0.25) is 5.91 Å². The van der Waals surface area contributed by atoms with E-state index in [-0.39, 0.29) is 0 Å². The van der Waals surface area contributed by atoms with Crippen LogP contribution in [0.5, 0.6) is 0 Å². The van der Waals surface area contributed by atoms with Gasteiger partial charge in [0, 0.05) is 18.5 Å². The first kappa shape index (κ1) is 11.5. The zero-order chi connectivity index (χ0) is 11.7. The Labute approximate surface area is 104 Å². The van der Waals surface area contributed by atoms with Crippen LogP contribution in [0.3, 0.4) is 0 Å². The van der Waals surface area contributed by atoms with Gasteiger partial charge < -0.3 is 10.2 Å². The number of piperidine rings is 1. The third-order valence-electron chi connectivity index (χ3n) is 4.62. The van der Waals surface area contributed by atoms with Crippen molar-refractivity contribution in [1.29, 1.82) is 0 Å². The maximum Gasteiger partial charge on any atom is 0.223 e. The largest absolute Gasteiger partial charge is 0.353 e. The predicted octanol–water partition coefficient (Wildman–Crippen LogP) is 1.78. The third kappa shape index (κ3) is 3.01. The maximum absolute atomic E-state index is 12.0. The highest BCUT2D eigenvalue weighted by Gasteiger charge is 2.30. The highest BCUT2D eigenvalue weighted by atomic mass is 16.1. The lowest BCUT2D eigenvalue weighted by atomic mass is 9.90. The first-order valence-corrected chi connectivity index (χ1v) is 7.34. The van der Waals surface area contributed by atoms with Gasteiger partial charge in [-0.3, -0.25) is 4.79 Å². The van der Waals surface area contributed by atoms with E-state index in [1.807, 2.05) is 0 Å². The standard InChI is InChI=1S/C14H24N2O/c17-14(15-13-2-1-3-13)12-6-8-16(9-7-12)10-11-4-5-11/h11-13H,1-10H2,(H,15,17). The fourth-order valence-corrected chi connectivity index (χ4v) is 2.91. The average Bonchev–Trinajstić information content (AvgIpc) is 3.08. The maximum atomic E-state index is 12.0.